The Bertz CT molecular complexity index is 1200. The molecule has 0 radical (unpaired) electrons. The van der Waals surface area contributed by atoms with Crippen molar-refractivity contribution in [1.29, 1.82) is 0 Å². The molecule has 48 heavy (non-hydrogen) atoms. The monoisotopic (exact) mass is 736 g/mol. The van der Waals surface area contributed by atoms with Crippen LogP contribution in [0.2, 0.25) is 0 Å². The second kappa shape index (κ2) is 17.8. The number of benzene rings is 2. The van der Waals surface area contributed by atoms with E-state index in [0.717, 1.165) is 57.1 Å². The molecule has 1 aliphatic carbocycles. The molecule has 2 nitrogen and oxygen atoms in total. The zero-order valence-corrected chi connectivity index (χ0v) is 36.2. The van der Waals surface area contributed by atoms with Crippen molar-refractivity contribution in [2.24, 2.45) is 0 Å². The van der Waals surface area contributed by atoms with Gasteiger partial charge in [0.05, 0.1) is 0 Å². The fourth-order valence-electron chi connectivity index (χ4n) is 7.43. The van der Waals surface area contributed by atoms with Gasteiger partial charge in [-0.05, 0) is 81.4 Å². The summed E-state index contributed by atoms with van der Waals surface area (Å²) in [4.78, 5) is 2.49. The minimum atomic E-state index is -1.05. The summed E-state index contributed by atoms with van der Waals surface area (Å²) in [6.45, 7) is 27.8. The van der Waals surface area contributed by atoms with Crippen molar-refractivity contribution < 1.29 is 10.2 Å². The second-order valence-electron chi connectivity index (χ2n) is 16.0. The van der Waals surface area contributed by atoms with E-state index in [2.05, 4.69) is 131 Å². The Labute approximate surface area is 308 Å². The van der Waals surface area contributed by atoms with Crippen LogP contribution in [0.25, 0.3) is 0 Å². The summed E-state index contributed by atoms with van der Waals surface area (Å²) in [5, 5.41) is 24.9. The Morgan fingerprint density at radius 1 is 0.542 bits per heavy atom. The highest BCUT2D eigenvalue weighted by Crippen LogP contribution is 2.61. The van der Waals surface area contributed by atoms with Crippen LogP contribution in [0, 0.1) is 0 Å². The van der Waals surface area contributed by atoms with E-state index in [-0.39, 0.29) is 10.8 Å². The van der Waals surface area contributed by atoms with Crippen molar-refractivity contribution in [2.75, 3.05) is 34.5 Å². The molecule has 2 aromatic rings. The molecule has 3 rings (SSSR count). The third kappa shape index (κ3) is 9.65. The number of phenolic OH excluding ortho intramolecular Hbond substituents is 2. The molecule has 1 saturated carbocycles. The molecule has 1 aliphatic rings. The van der Waals surface area contributed by atoms with Gasteiger partial charge in [0.1, 0.15) is 11.5 Å². The molecule has 0 heterocycles. The molecular weight excluding hydrogens is 665 g/mol. The summed E-state index contributed by atoms with van der Waals surface area (Å²) < 4.78 is 0. The van der Waals surface area contributed by atoms with E-state index in [1.165, 1.54) is 59.4 Å². The lowest BCUT2D eigenvalue weighted by atomic mass is 9.86. The first kappa shape index (κ1) is 41.9. The van der Waals surface area contributed by atoms with Gasteiger partial charge in [0.25, 0.3) is 0 Å². The van der Waals surface area contributed by atoms with Crippen LogP contribution in [0.15, 0.2) is 34.1 Å². The lowest BCUT2D eigenvalue weighted by Crippen LogP contribution is -2.23. The Hall–Kier alpha value is -0.560. The van der Waals surface area contributed by atoms with Crippen LogP contribution in [0.4, 0.5) is 0 Å². The molecule has 0 spiro atoms. The van der Waals surface area contributed by atoms with Gasteiger partial charge in [0, 0.05) is 42.9 Å². The summed E-state index contributed by atoms with van der Waals surface area (Å²) in [7, 11) is -2.11. The topological polar surface area (TPSA) is 40.5 Å². The van der Waals surface area contributed by atoms with Crippen molar-refractivity contribution in [1.82, 2.24) is 0 Å². The van der Waals surface area contributed by atoms with E-state index in [1.807, 2.05) is 0 Å². The maximum atomic E-state index is 11.9. The molecule has 0 saturated heterocycles. The van der Waals surface area contributed by atoms with Crippen LogP contribution in [0.3, 0.4) is 0 Å². The quantitative estimate of drug-likeness (QED) is 0.203. The lowest BCUT2D eigenvalue weighted by molar-refractivity contribution is 0.454. The number of rotatable bonds is 14. The van der Waals surface area contributed by atoms with Crippen LogP contribution in [0.5, 0.6) is 11.5 Å². The van der Waals surface area contributed by atoms with Gasteiger partial charge in [-0.1, -0.05) is 121 Å². The van der Waals surface area contributed by atoms with Gasteiger partial charge in [-0.15, -0.1) is 0 Å². The summed E-state index contributed by atoms with van der Waals surface area (Å²) in [5.41, 5.74) is 5.07. The molecule has 2 atom stereocenters. The van der Waals surface area contributed by atoms with Gasteiger partial charge in [-0.2, -0.15) is 23.5 Å². The minimum absolute atomic E-state index is 0.0377. The Kier molecular flexibility index (Phi) is 15.5. The zero-order valence-electron chi connectivity index (χ0n) is 32.9. The Balaban J connectivity index is 1.98. The Morgan fingerprint density at radius 3 is 1.12 bits per heavy atom. The number of hydrogen-bond donors (Lipinski definition) is 2. The van der Waals surface area contributed by atoms with Crippen molar-refractivity contribution in [3.8, 4) is 11.5 Å². The minimum Gasteiger partial charge on any atom is -0.507 e. The average Bonchev–Trinajstić information content (AvgIpc) is 3.03. The van der Waals surface area contributed by atoms with Gasteiger partial charge in [-0.3, -0.25) is 0 Å². The van der Waals surface area contributed by atoms with Gasteiger partial charge in [0.15, 0.2) is 0 Å². The SMILES string of the molecule is CCS(CC)(CC)c1cc(C(C)(C)C)cc(CS[C@H]2CCCCCC[C@@H]2SCc2cc(C(C)(C)C)cc(S(CC)(CC)CC)c2O)c1O. The van der Waals surface area contributed by atoms with Gasteiger partial charge in [-0.25, -0.2) is 20.1 Å². The molecule has 0 aromatic heterocycles. The fourth-order valence-corrected chi connectivity index (χ4v) is 16.6. The lowest BCUT2D eigenvalue weighted by Gasteiger charge is -2.40. The van der Waals surface area contributed by atoms with Crippen molar-refractivity contribution in [3.63, 3.8) is 0 Å². The standard InChI is InChI=1S/C42H72O2S4/c1-13-47(14-2,15-3)37-27-33(41(7,8)9)25-31(39(37)43)29-45-35-23-21-19-20-22-24-36(35)46-30-32-26-34(42(10,11)12)28-38(40(32)44)48(16-4,17-5)18-6/h25-28,35-36,43-44H,13-24,29-30H2,1-12H3/t35-,36-/m0/s1. The highest BCUT2D eigenvalue weighted by atomic mass is 32.3. The van der Waals surface area contributed by atoms with Crippen molar-refractivity contribution >= 4 is 43.6 Å². The third-order valence-corrected chi connectivity index (χ3v) is 23.6. The maximum Gasteiger partial charge on any atom is 0.131 e. The fraction of sp³-hybridized carbons (Fsp3) is 0.714. The van der Waals surface area contributed by atoms with Crippen LogP contribution in [-0.4, -0.2) is 55.2 Å². The number of hydrogen-bond acceptors (Lipinski definition) is 4. The van der Waals surface area contributed by atoms with Crippen molar-refractivity contribution in [2.45, 2.75) is 164 Å². The summed E-state index contributed by atoms with van der Waals surface area (Å²) in [6, 6.07) is 9.37. The molecule has 0 aliphatic heterocycles. The second-order valence-corrected chi connectivity index (χ2v) is 27.0. The van der Waals surface area contributed by atoms with Gasteiger partial charge in [0.2, 0.25) is 0 Å². The van der Waals surface area contributed by atoms with Gasteiger partial charge < -0.3 is 10.2 Å². The number of thioether (sulfide) groups is 2. The van der Waals surface area contributed by atoms with E-state index in [1.54, 1.807) is 0 Å². The highest BCUT2D eigenvalue weighted by molar-refractivity contribution is 8.34. The molecule has 0 bridgehead atoms. The smallest absolute Gasteiger partial charge is 0.131 e. The van der Waals surface area contributed by atoms with Crippen LogP contribution in [-0.2, 0) is 22.3 Å². The number of aromatic hydroxyl groups is 2. The average molecular weight is 737 g/mol. The maximum absolute atomic E-state index is 11.9. The molecular formula is C42H72O2S4. The Morgan fingerprint density at radius 2 is 0.854 bits per heavy atom. The highest BCUT2D eigenvalue weighted by Gasteiger charge is 2.32. The summed E-state index contributed by atoms with van der Waals surface area (Å²) in [6.07, 6.45) is 7.69. The first-order valence-corrected chi connectivity index (χ1v) is 25.4. The first-order chi connectivity index (χ1) is 22.6. The molecule has 0 amide bonds. The zero-order chi connectivity index (χ0) is 35.9. The number of phenols is 2. The van der Waals surface area contributed by atoms with Gasteiger partial charge >= 0.3 is 0 Å². The third-order valence-electron chi connectivity index (χ3n) is 11.3. The summed E-state index contributed by atoms with van der Waals surface area (Å²) >= 11 is 4.18. The molecule has 1 fully saturated rings. The van der Waals surface area contributed by atoms with Crippen LogP contribution in [0.1, 0.15) is 144 Å². The summed E-state index contributed by atoms with van der Waals surface area (Å²) in [5.74, 6) is 9.62. The molecule has 2 N–H and O–H groups in total. The normalized spacial score (nSPS) is 19.2. The largest absolute Gasteiger partial charge is 0.507 e. The van der Waals surface area contributed by atoms with Crippen LogP contribution >= 0.6 is 43.6 Å². The molecule has 276 valence electrons. The van der Waals surface area contributed by atoms with E-state index in [4.69, 9.17) is 0 Å². The molecule has 0 unspecified atom stereocenters. The van der Waals surface area contributed by atoms with E-state index in [0.29, 0.717) is 22.0 Å². The van der Waals surface area contributed by atoms with E-state index in [9.17, 15) is 10.2 Å². The first-order valence-electron chi connectivity index (χ1n) is 19.0. The van der Waals surface area contributed by atoms with E-state index < -0.39 is 20.1 Å². The molecule has 6 heteroatoms. The predicted octanol–water partition coefficient (Wildman–Crippen LogP) is 13.4. The van der Waals surface area contributed by atoms with E-state index >= 15 is 0 Å². The van der Waals surface area contributed by atoms with Crippen molar-refractivity contribution in [3.05, 3.63) is 46.5 Å². The molecule has 2 aromatic carbocycles. The van der Waals surface area contributed by atoms with Crippen LogP contribution < -0.4 is 0 Å². The predicted molar refractivity (Wildman–Crippen MR) is 226 cm³/mol.